The van der Waals surface area contributed by atoms with Gasteiger partial charge < -0.3 is 4.98 Å². The average molecular weight is 331 g/mol. The summed E-state index contributed by atoms with van der Waals surface area (Å²) in [7, 11) is 1.88. The van der Waals surface area contributed by atoms with Gasteiger partial charge in [-0.3, -0.25) is 9.80 Å². The van der Waals surface area contributed by atoms with Crippen LogP contribution in [0.1, 0.15) is 21.9 Å². The first kappa shape index (κ1) is 14.1. The Morgan fingerprint density at radius 2 is 2.22 bits per heavy atom. The molecule has 0 saturated heterocycles. The number of aromatic amines is 1. The van der Waals surface area contributed by atoms with Crippen LogP contribution in [0.3, 0.4) is 0 Å². The summed E-state index contributed by atoms with van der Waals surface area (Å²) in [5.74, 6) is -0.154. The smallest absolute Gasteiger partial charge is 0.292 e. The number of nitrogens with zero attached hydrogens (tertiary/aromatic N) is 5. The number of fused-ring (bicyclic) bond motifs is 2. The summed E-state index contributed by atoms with van der Waals surface area (Å²) in [6, 6.07) is 3.71. The Labute approximate surface area is 137 Å². The predicted molar refractivity (Wildman–Crippen MR) is 86.7 cm³/mol. The number of rotatable bonds is 1. The second kappa shape index (κ2) is 4.99. The second-order valence-electron chi connectivity index (χ2n) is 5.62. The molecule has 3 aromatic rings. The van der Waals surface area contributed by atoms with E-state index >= 15 is 0 Å². The molecule has 23 heavy (non-hydrogen) atoms. The molecule has 8 heteroatoms. The summed E-state index contributed by atoms with van der Waals surface area (Å²) in [4.78, 5) is 20.3. The van der Waals surface area contributed by atoms with E-state index in [1.165, 1.54) is 10.7 Å². The van der Waals surface area contributed by atoms with Crippen molar-refractivity contribution in [3.63, 3.8) is 0 Å². The third kappa shape index (κ3) is 2.24. The number of carbonyl (C=O) groups is 1. The van der Waals surface area contributed by atoms with Crippen molar-refractivity contribution in [1.29, 1.82) is 0 Å². The fourth-order valence-electron chi connectivity index (χ4n) is 2.94. The molecular weight excluding hydrogens is 316 g/mol. The number of hydrogen-bond donors (Lipinski definition) is 1. The zero-order valence-electron chi connectivity index (χ0n) is 12.7. The molecule has 1 aliphatic rings. The van der Waals surface area contributed by atoms with E-state index in [9.17, 15) is 4.79 Å². The Morgan fingerprint density at radius 3 is 3.04 bits per heavy atom. The lowest BCUT2D eigenvalue weighted by molar-refractivity contribution is 0.0732. The van der Waals surface area contributed by atoms with Crippen LogP contribution >= 0.6 is 11.6 Å². The van der Waals surface area contributed by atoms with Gasteiger partial charge in [0.25, 0.3) is 5.91 Å². The summed E-state index contributed by atoms with van der Waals surface area (Å²) in [6.45, 7) is 2.61. The average Bonchev–Trinajstić information content (AvgIpc) is 3.09. The maximum absolute atomic E-state index is 12.8. The number of amides is 1. The highest BCUT2D eigenvalue weighted by Gasteiger charge is 2.29. The fourth-order valence-corrected chi connectivity index (χ4v) is 3.08. The minimum atomic E-state index is -0.154. The van der Waals surface area contributed by atoms with E-state index in [1.807, 2.05) is 25.0 Å². The molecule has 1 aliphatic heterocycles. The van der Waals surface area contributed by atoms with Crippen molar-refractivity contribution in [3.8, 4) is 0 Å². The van der Waals surface area contributed by atoms with Gasteiger partial charge in [-0.15, -0.1) is 0 Å². The SMILES string of the molecule is Cc1cc2c([nH]1)CCN(C(=O)c1cc3ncc(Cl)cn3n1)N2C. The van der Waals surface area contributed by atoms with Gasteiger partial charge in [0, 0.05) is 43.7 Å². The van der Waals surface area contributed by atoms with E-state index in [1.54, 1.807) is 17.3 Å². The van der Waals surface area contributed by atoms with Gasteiger partial charge in [-0.05, 0) is 13.0 Å². The topological polar surface area (TPSA) is 69.5 Å². The van der Waals surface area contributed by atoms with Crippen LogP contribution in [-0.4, -0.2) is 44.1 Å². The molecular formula is C15H15ClN6O. The number of H-pyrrole nitrogens is 1. The van der Waals surface area contributed by atoms with Crippen molar-refractivity contribution in [2.24, 2.45) is 0 Å². The monoisotopic (exact) mass is 330 g/mol. The van der Waals surface area contributed by atoms with Crippen LogP contribution in [0.25, 0.3) is 5.65 Å². The van der Waals surface area contributed by atoms with Gasteiger partial charge in [-0.2, -0.15) is 5.10 Å². The van der Waals surface area contributed by atoms with Crippen LogP contribution < -0.4 is 5.01 Å². The lowest BCUT2D eigenvalue weighted by Crippen LogP contribution is -2.48. The molecule has 118 valence electrons. The van der Waals surface area contributed by atoms with Gasteiger partial charge in [-0.25, -0.2) is 14.5 Å². The van der Waals surface area contributed by atoms with Gasteiger partial charge in [-0.1, -0.05) is 11.6 Å². The lowest BCUT2D eigenvalue weighted by atomic mass is 10.2. The largest absolute Gasteiger partial charge is 0.361 e. The quantitative estimate of drug-likeness (QED) is 0.741. The number of hydrogen-bond acceptors (Lipinski definition) is 4. The molecule has 0 aliphatic carbocycles. The Balaban J connectivity index is 1.68. The van der Waals surface area contributed by atoms with Crippen LogP contribution in [0.5, 0.6) is 0 Å². The molecule has 4 rings (SSSR count). The van der Waals surface area contributed by atoms with Crippen LogP contribution in [0, 0.1) is 6.92 Å². The Kier molecular flexibility index (Phi) is 3.05. The van der Waals surface area contributed by atoms with Gasteiger partial charge in [0.05, 0.1) is 16.9 Å². The van der Waals surface area contributed by atoms with Gasteiger partial charge in [0.15, 0.2) is 11.3 Å². The fraction of sp³-hybridized carbons (Fsp3) is 0.267. The number of anilines is 1. The molecule has 3 aromatic heterocycles. The first-order valence-corrected chi connectivity index (χ1v) is 7.65. The number of nitrogens with one attached hydrogen (secondary N) is 1. The summed E-state index contributed by atoms with van der Waals surface area (Å²) in [5, 5.41) is 8.33. The summed E-state index contributed by atoms with van der Waals surface area (Å²) in [5.41, 5.74) is 4.20. The van der Waals surface area contributed by atoms with Crippen LogP contribution in [0.2, 0.25) is 5.02 Å². The molecule has 1 N–H and O–H groups in total. The second-order valence-corrected chi connectivity index (χ2v) is 6.06. The number of halogens is 1. The van der Waals surface area contributed by atoms with Gasteiger partial charge in [0.2, 0.25) is 0 Å². The van der Waals surface area contributed by atoms with Crippen molar-refractivity contribution in [2.75, 3.05) is 18.6 Å². The normalized spacial score (nSPS) is 14.4. The molecule has 0 bridgehead atoms. The summed E-state index contributed by atoms with van der Waals surface area (Å²) in [6.07, 6.45) is 3.96. The van der Waals surface area contributed by atoms with E-state index in [0.29, 0.717) is 22.9 Å². The van der Waals surface area contributed by atoms with Crippen molar-refractivity contribution in [2.45, 2.75) is 13.3 Å². The maximum Gasteiger partial charge on any atom is 0.292 e. The molecule has 7 nitrogen and oxygen atoms in total. The molecule has 0 radical (unpaired) electrons. The zero-order valence-corrected chi connectivity index (χ0v) is 13.5. The molecule has 1 amide bonds. The van der Waals surface area contributed by atoms with Gasteiger partial charge >= 0.3 is 0 Å². The molecule has 0 unspecified atom stereocenters. The lowest BCUT2D eigenvalue weighted by Gasteiger charge is -2.36. The Morgan fingerprint density at radius 1 is 1.39 bits per heavy atom. The molecule has 0 aromatic carbocycles. The number of aromatic nitrogens is 4. The minimum absolute atomic E-state index is 0.154. The third-order valence-corrected chi connectivity index (χ3v) is 4.23. The molecule has 4 heterocycles. The summed E-state index contributed by atoms with van der Waals surface area (Å²) >= 11 is 5.91. The highest BCUT2D eigenvalue weighted by Crippen LogP contribution is 2.28. The summed E-state index contributed by atoms with van der Waals surface area (Å²) < 4.78 is 1.52. The Hall–Kier alpha value is -2.54. The van der Waals surface area contributed by atoms with Crippen molar-refractivity contribution in [1.82, 2.24) is 24.6 Å². The number of carbonyl (C=O) groups excluding carboxylic acids is 1. The number of aryl methyl sites for hydroxylation is 1. The van der Waals surface area contributed by atoms with Crippen molar-refractivity contribution >= 4 is 28.8 Å². The van der Waals surface area contributed by atoms with Gasteiger partial charge in [0.1, 0.15) is 0 Å². The standard InChI is InChI=1S/C15H15ClN6O/c1-9-5-13-11(18-9)3-4-22(20(13)2)15(23)12-6-14-17-7-10(16)8-21(14)19-12/h5-8,18H,3-4H2,1-2H3. The minimum Gasteiger partial charge on any atom is -0.361 e. The van der Waals surface area contributed by atoms with Crippen molar-refractivity contribution < 1.29 is 4.79 Å². The number of hydrazine groups is 1. The van der Waals surface area contributed by atoms with Crippen LogP contribution in [-0.2, 0) is 6.42 Å². The van der Waals surface area contributed by atoms with E-state index in [4.69, 9.17) is 11.6 Å². The first-order valence-electron chi connectivity index (χ1n) is 7.28. The molecule has 0 fully saturated rings. The van der Waals surface area contributed by atoms with E-state index < -0.39 is 0 Å². The van der Waals surface area contributed by atoms with E-state index in [0.717, 1.165) is 23.5 Å². The maximum atomic E-state index is 12.8. The zero-order chi connectivity index (χ0) is 16.1. The van der Waals surface area contributed by atoms with E-state index in [2.05, 4.69) is 15.1 Å². The third-order valence-electron chi connectivity index (χ3n) is 4.03. The van der Waals surface area contributed by atoms with Crippen molar-refractivity contribution in [3.05, 3.63) is 46.6 Å². The Bertz CT molecular complexity index is 914. The molecule has 0 saturated carbocycles. The van der Waals surface area contributed by atoms with E-state index in [-0.39, 0.29) is 5.91 Å². The molecule has 0 atom stereocenters. The molecule has 0 spiro atoms. The highest BCUT2D eigenvalue weighted by molar-refractivity contribution is 6.30. The predicted octanol–water partition coefficient (Wildman–Crippen LogP) is 2.07. The van der Waals surface area contributed by atoms with Crippen LogP contribution in [0.4, 0.5) is 5.69 Å². The first-order chi connectivity index (χ1) is 11.0. The van der Waals surface area contributed by atoms with Crippen LogP contribution in [0.15, 0.2) is 24.5 Å². The highest BCUT2D eigenvalue weighted by atomic mass is 35.5.